The van der Waals surface area contributed by atoms with Crippen molar-refractivity contribution in [3.05, 3.63) is 65.3 Å². The van der Waals surface area contributed by atoms with Crippen molar-refractivity contribution in [1.29, 1.82) is 0 Å². The summed E-state index contributed by atoms with van der Waals surface area (Å²) in [5, 5.41) is 10.8. The van der Waals surface area contributed by atoms with Gasteiger partial charge in [-0.3, -0.25) is 9.78 Å². The van der Waals surface area contributed by atoms with Crippen LogP contribution in [0.3, 0.4) is 0 Å². The summed E-state index contributed by atoms with van der Waals surface area (Å²) >= 11 is 7.78. The number of hydrogen-bond donors (Lipinski definition) is 1. The minimum Gasteiger partial charge on any atom is -0.497 e. The Hall–Kier alpha value is -2.35. The van der Waals surface area contributed by atoms with E-state index < -0.39 is 12.1 Å². The van der Waals surface area contributed by atoms with E-state index in [0.717, 1.165) is 54.2 Å². The van der Waals surface area contributed by atoms with Crippen molar-refractivity contribution in [2.24, 2.45) is 11.8 Å². The summed E-state index contributed by atoms with van der Waals surface area (Å²) in [6.45, 7) is 2.77. The molecule has 198 valence electrons. The van der Waals surface area contributed by atoms with Gasteiger partial charge in [-0.05, 0) is 98.2 Å². The van der Waals surface area contributed by atoms with Gasteiger partial charge in [-0.2, -0.15) is 0 Å². The predicted octanol–water partition coefficient (Wildman–Crippen LogP) is 7.28. The van der Waals surface area contributed by atoms with Gasteiger partial charge in [-0.25, -0.2) is 4.39 Å². The Morgan fingerprint density at radius 1 is 1.22 bits per heavy atom. The van der Waals surface area contributed by atoms with Gasteiger partial charge in [0.05, 0.1) is 12.6 Å². The number of carboxylic acids is 1. The number of aromatic nitrogens is 1. The fraction of sp³-hybridized carbons (Fsp3) is 0.448. The van der Waals surface area contributed by atoms with Crippen molar-refractivity contribution in [3.8, 4) is 5.75 Å². The minimum atomic E-state index is -1.11. The van der Waals surface area contributed by atoms with Gasteiger partial charge in [-0.1, -0.05) is 11.6 Å². The number of ether oxygens (including phenoxy) is 1. The van der Waals surface area contributed by atoms with Crippen molar-refractivity contribution in [1.82, 2.24) is 9.88 Å². The molecule has 0 aliphatic carbocycles. The number of fused-ring (bicyclic) bond motifs is 1. The van der Waals surface area contributed by atoms with Crippen LogP contribution < -0.4 is 4.74 Å². The molecule has 1 aromatic heterocycles. The highest BCUT2D eigenvalue weighted by Crippen LogP contribution is 2.36. The molecule has 2 heterocycles. The van der Waals surface area contributed by atoms with E-state index in [9.17, 15) is 9.90 Å². The molecule has 0 amide bonds. The topological polar surface area (TPSA) is 62.7 Å². The summed E-state index contributed by atoms with van der Waals surface area (Å²) in [6.07, 6.45) is 3.46. The second-order valence-corrected chi connectivity index (χ2v) is 11.3. The van der Waals surface area contributed by atoms with Gasteiger partial charge < -0.3 is 14.7 Å². The van der Waals surface area contributed by atoms with Crippen LogP contribution in [0.2, 0.25) is 5.02 Å². The number of pyridine rings is 1. The second-order valence-electron chi connectivity index (χ2n) is 9.67. The number of hydrogen-bond acceptors (Lipinski definition) is 5. The maximum absolute atomic E-state index is 15.5. The third-order valence-electron chi connectivity index (χ3n) is 7.31. The Morgan fingerprint density at radius 2 is 2.03 bits per heavy atom. The van der Waals surface area contributed by atoms with Crippen LogP contribution in [0, 0.1) is 11.8 Å². The first-order chi connectivity index (χ1) is 17.9. The van der Waals surface area contributed by atoms with Crippen molar-refractivity contribution in [2.75, 3.05) is 32.5 Å². The summed E-state index contributed by atoms with van der Waals surface area (Å²) in [5.74, 6) is 1.45. The lowest BCUT2D eigenvalue weighted by Gasteiger charge is -2.39. The standard InChI is InChI=1S/C29H34ClFN2O3S/c1-36-23-6-10-28-26(18-23)25(12-14-32-28)27(31)9-2-20-13-15-33(19-21(20)3-11-29(34)35)16-17-37-24-7-4-22(30)5-8-24/h4-8,10,12,14,18,20-21,27H,2-3,9,11,13,15-17,19H2,1H3,(H,34,35)/t20-,21+,27?/m1/s1. The predicted molar refractivity (Wildman–Crippen MR) is 148 cm³/mol. The molecule has 3 aromatic rings. The third kappa shape index (κ3) is 7.82. The zero-order valence-corrected chi connectivity index (χ0v) is 22.7. The number of carbonyl (C=O) groups is 1. The van der Waals surface area contributed by atoms with Crippen LogP contribution in [0.5, 0.6) is 5.75 Å². The van der Waals surface area contributed by atoms with E-state index >= 15 is 4.39 Å². The molecule has 5 nitrogen and oxygen atoms in total. The number of alkyl halides is 1. The molecule has 3 atom stereocenters. The lowest BCUT2D eigenvalue weighted by atomic mass is 9.79. The zero-order chi connectivity index (χ0) is 26.2. The maximum atomic E-state index is 15.5. The van der Waals surface area contributed by atoms with Crippen LogP contribution in [0.25, 0.3) is 10.9 Å². The van der Waals surface area contributed by atoms with Crippen LogP contribution in [-0.2, 0) is 4.79 Å². The number of piperidine rings is 1. The first kappa shape index (κ1) is 27.7. The van der Waals surface area contributed by atoms with Crippen molar-refractivity contribution in [2.45, 2.75) is 43.2 Å². The number of nitrogens with zero attached hydrogens (tertiary/aromatic N) is 2. The molecule has 0 spiro atoms. The van der Waals surface area contributed by atoms with Gasteiger partial charge in [0.25, 0.3) is 0 Å². The molecule has 0 bridgehead atoms. The molecule has 4 rings (SSSR count). The Bertz CT molecular complexity index is 1180. The van der Waals surface area contributed by atoms with Gasteiger partial charge in [0, 0.05) is 46.8 Å². The molecule has 0 saturated carbocycles. The van der Waals surface area contributed by atoms with E-state index in [-0.39, 0.29) is 12.3 Å². The van der Waals surface area contributed by atoms with Gasteiger partial charge in [0.2, 0.25) is 0 Å². The smallest absolute Gasteiger partial charge is 0.303 e. The molecule has 1 N–H and O–H groups in total. The lowest BCUT2D eigenvalue weighted by molar-refractivity contribution is -0.137. The molecule has 2 aromatic carbocycles. The van der Waals surface area contributed by atoms with E-state index in [1.165, 1.54) is 4.90 Å². The highest BCUT2D eigenvalue weighted by molar-refractivity contribution is 7.99. The van der Waals surface area contributed by atoms with Gasteiger partial charge in [0.15, 0.2) is 0 Å². The molecule has 8 heteroatoms. The summed E-state index contributed by atoms with van der Waals surface area (Å²) in [7, 11) is 1.60. The van der Waals surface area contributed by atoms with Crippen LogP contribution in [0.15, 0.2) is 59.6 Å². The van der Waals surface area contributed by atoms with Gasteiger partial charge >= 0.3 is 5.97 Å². The van der Waals surface area contributed by atoms with Gasteiger partial charge in [-0.15, -0.1) is 11.8 Å². The number of carboxylic acid groups (broad SMARTS) is 1. The van der Waals surface area contributed by atoms with Crippen LogP contribution >= 0.6 is 23.4 Å². The molecule has 1 fully saturated rings. The molecular formula is C29H34ClFN2O3S. The van der Waals surface area contributed by atoms with E-state index in [4.69, 9.17) is 16.3 Å². The first-order valence-electron chi connectivity index (χ1n) is 12.8. The fourth-order valence-corrected chi connectivity index (χ4v) is 6.30. The molecular weight excluding hydrogens is 511 g/mol. The number of methoxy groups -OCH3 is 1. The fourth-order valence-electron chi connectivity index (χ4n) is 5.26. The number of rotatable bonds is 12. The SMILES string of the molecule is COc1ccc2nccc(C(F)CC[C@@H]3CCN(CCSc4ccc(Cl)cc4)C[C@@H]3CCC(=O)O)c2c1. The normalized spacial score (nSPS) is 19.1. The number of halogens is 2. The molecule has 1 unspecified atom stereocenters. The number of thioether (sulfide) groups is 1. The number of likely N-dealkylation sites (tertiary alicyclic amines) is 1. The largest absolute Gasteiger partial charge is 0.497 e. The highest BCUT2D eigenvalue weighted by atomic mass is 35.5. The Balaban J connectivity index is 1.34. The van der Waals surface area contributed by atoms with Gasteiger partial charge in [0.1, 0.15) is 11.9 Å². The Labute approximate surface area is 227 Å². The Kier molecular flexibility index (Phi) is 10.1. The monoisotopic (exact) mass is 544 g/mol. The lowest BCUT2D eigenvalue weighted by Crippen LogP contribution is -2.41. The molecule has 1 saturated heterocycles. The van der Waals surface area contributed by atoms with E-state index in [0.29, 0.717) is 30.1 Å². The van der Waals surface area contributed by atoms with E-state index in [2.05, 4.69) is 9.88 Å². The van der Waals surface area contributed by atoms with Crippen LogP contribution in [-0.4, -0.2) is 53.5 Å². The average molecular weight is 545 g/mol. The quantitative estimate of drug-likeness (QED) is 0.242. The minimum absolute atomic E-state index is 0.155. The summed E-state index contributed by atoms with van der Waals surface area (Å²) < 4.78 is 20.9. The van der Waals surface area contributed by atoms with Crippen molar-refractivity contribution in [3.63, 3.8) is 0 Å². The average Bonchev–Trinajstić information content (AvgIpc) is 2.91. The van der Waals surface area contributed by atoms with Crippen LogP contribution in [0.4, 0.5) is 4.39 Å². The zero-order valence-electron chi connectivity index (χ0n) is 21.1. The summed E-state index contributed by atoms with van der Waals surface area (Å²) in [6, 6.07) is 15.2. The number of aliphatic carboxylic acids is 1. The van der Waals surface area contributed by atoms with E-state index in [1.54, 1.807) is 31.1 Å². The Morgan fingerprint density at radius 3 is 2.78 bits per heavy atom. The van der Waals surface area contributed by atoms with Crippen LogP contribution in [0.1, 0.15) is 43.8 Å². The molecule has 0 radical (unpaired) electrons. The second kappa shape index (κ2) is 13.4. The summed E-state index contributed by atoms with van der Waals surface area (Å²) in [5.41, 5.74) is 1.40. The molecule has 1 aliphatic heterocycles. The third-order valence-corrected chi connectivity index (χ3v) is 8.55. The van der Waals surface area contributed by atoms with Crippen molar-refractivity contribution < 1.29 is 19.0 Å². The summed E-state index contributed by atoms with van der Waals surface area (Å²) in [4.78, 5) is 19.3. The number of benzene rings is 2. The molecule has 37 heavy (non-hydrogen) atoms. The first-order valence-corrected chi connectivity index (χ1v) is 14.2. The van der Waals surface area contributed by atoms with Crippen molar-refractivity contribution >= 4 is 40.2 Å². The van der Waals surface area contributed by atoms with E-state index in [1.807, 2.05) is 42.5 Å². The maximum Gasteiger partial charge on any atom is 0.303 e. The highest BCUT2D eigenvalue weighted by Gasteiger charge is 2.30. The molecule has 1 aliphatic rings.